The Morgan fingerprint density at radius 1 is 1.02 bits per heavy atom. The number of carbonyl (C=O) groups is 1. The Kier molecular flexibility index (Phi) is 7.64. The first kappa shape index (κ1) is 27.0. The fourth-order valence-corrected chi connectivity index (χ4v) is 6.86. The van der Waals surface area contributed by atoms with Crippen molar-refractivity contribution in [3.63, 3.8) is 0 Å². The lowest BCUT2D eigenvalue weighted by Crippen LogP contribution is -2.36. The summed E-state index contributed by atoms with van der Waals surface area (Å²) in [6.45, 7) is 6.12. The van der Waals surface area contributed by atoms with Gasteiger partial charge in [-0.15, -0.1) is 0 Å². The van der Waals surface area contributed by atoms with Crippen LogP contribution in [0, 0.1) is 23.6 Å². The van der Waals surface area contributed by atoms with Gasteiger partial charge in [0.05, 0.1) is 6.04 Å². The molecular formula is C31H41FN6O2. The first-order valence-electron chi connectivity index (χ1n) is 15.2. The lowest BCUT2D eigenvalue weighted by molar-refractivity contribution is 0.0684. The van der Waals surface area contributed by atoms with Gasteiger partial charge in [0.25, 0.3) is 0 Å². The van der Waals surface area contributed by atoms with Gasteiger partial charge < -0.3 is 19.9 Å². The van der Waals surface area contributed by atoms with Crippen molar-refractivity contribution in [2.24, 2.45) is 17.8 Å². The molecule has 1 aliphatic heterocycles. The van der Waals surface area contributed by atoms with E-state index in [4.69, 9.17) is 4.98 Å². The largest absolute Gasteiger partial charge is 0.475 e. The van der Waals surface area contributed by atoms with Crippen LogP contribution >= 0.6 is 0 Å². The van der Waals surface area contributed by atoms with Gasteiger partial charge >= 0.3 is 5.97 Å². The number of nitrogens with zero attached hydrogens (tertiary/aromatic N) is 5. The molecule has 40 heavy (non-hydrogen) atoms. The predicted molar refractivity (Wildman–Crippen MR) is 154 cm³/mol. The molecule has 1 saturated heterocycles. The van der Waals surface area contributed by atoms with Gasteiger partial charge in [-0.1, -0.05) is 38.3 Å². The first-order valence-corrected chi connectivity index (χ1v) is 15.2. The van der Waals surface area contributed by atoms with Gasteiger partial charge in [0.15, 0.2) is 11.5 Å². The van der Waals surface area contributed by atoms with Crippen LogP contribution in [0.3, 0.4) is 0 Å². The van der Waals surface area contributed by atoms with E-state index in [1.54, 1.807) is 0 Å². The molecule has 0 amide bonds. The normalized spacial score (nSPS) is 24.6. The summed E-state index contributed by atoms with van der Waals surface area (Å²) in [6.07, 6.45) is 11.4. The summed E-state index contributed by atoms with van der Waals surface area (Å²) < 4.78 is 16.1. The molecule has 2 atom stereocenters. The highest BCUT2D eigenvalue weighted by Gasteiger charge is 2.33. The van der Waals surface area contributed by atoms with Crippen LogP contribution in [0.1, 0.15) is 100 Å². The number of aromatic nitrogens is 4. The minimum Gasteiger partial charge on any atom is -0.475 e. The Labute approximate surface area is 235 Å². The average molecular weight is 549 g/mol. The fourth-order valence-electron chi connectivity index (χ4n) is 6.86. The van der Waals surface area contributed by atoms with Crippen molar-refractivity contribution in [2.75, 3.05) is 16.8 Å². The van der Waals surface area contributed by atoms with E-state index in [9.17, 15) is 14.3 Å². The maximum absolute atomic E-state index is 13.8. The smallest absolute Gasteiger partial charge is 0.374 e. The summed E-state index contributed by atoms with van der Waals surface area (Å²) in [5.74, 6) is 1.59. The number of rotatable bonds is 8. The molecule has 214 valence electrons. The van der Waals surface area contributed by atoms with Gasteiger partial charge in [-0.2, -0.15) is 4.98 Å². The minimum absolute atomic E-state index is 0.0634. The maximum atomic E-state index is 13.8. The molecule has 3 aromatic rings. The lowest BCUT2D eigenvalue weighted by Gasteiger charge is -2.38. The number of aromatic carboxylic acids is 1. The number of imidazole rings is 1. The van der Waals surface area contributed by atoms with Gasteiger partial charge in [-0.25, -0.2) is 19.2 Å². The van der Waals surface area contributed by atoms with Crippen LogP contribution in [0.5, 0.6) is 0 Å². The number of nitrogens with one attached hydrogen (secondary N) is 1. The highest BCUT2D eigenvalue weighted by Crippen LogP contribution is 2.40. The van der Waals surface area contributed by atoms with E-state index in [1.807, 2.05) is 12.1 Å². The number of hydrogen-bond acceptors (Lipinski definition) is 6. The third-order valence-corrected chi connectivity index (χ3v) is 9.59. The number of fused-ring (bicyclic) bond motifs is 1. The number of carboxylic acids is 1. The third kappa shape index (κ3) is 5.39. The van der Waals surface area contributed by atoms with Crippen LogP contribution < -0.4 is 10.2 Å². The van der Waals surface area contributed by atoms with E-state index in [0.717, 1.165) is 68.1 Å². The van der Waals surface area contributed by atoms with Crippen LogP contribution in [0.4, 0.5) is 16.2 Å². The molecule has 2 saturated carbocycles. The summed E-state index contributed by atoms with van der Waals surface area (Å²) in [5.41, 5.74) is 2.30. The zero-order valence-corrected chi connectivity index (χ0v) is 23.7. The lowest BCUT2D eigenvalue weighted by atomic mass is 9.80. The van der Waals surface area contributed by atoms with Gasteiger partial charge in [0.2, 0.25) is 11.8 Å². The molecular weight excluding hydrogens is 507 g/mol. The van der Waals surface area contributed by atoms with Gasteiger partial charge in [-0.3, -0.25) is 0 Å². The van der Waals surface area contributed by atoms with Crippen molar-refractivity contribution in [1.82, 2.24) is 19.5 Å². The molecule has 3 fully saturated rings. The molecule has 1 aromatic carbocycles. The van der Waals surface area contributed by atoms with Crippen LogP contribution in [-0.2, 0) is 6.54 Å². The van der Waals surface area contributed by atoms with E-state index in [1.165, 1.54) is 44.2 Å². The molecule has 6 rings (SSSR count). The zero-order chi connectivity index (χ0) is 27.8. The van der Waals surface area contributed by atoms with Crippen molar-refractivity contribution in [1.29, 1.82) is 0 Å². The molecule has 2 aliphatic carbocycles. The Morgan fingerprint density at radius 3 is 2.45 bits per heavy atom. The molecule has 3 aliphatic rings. The second-order valence-electron chi connectivity index (χ2n) is 12.4. The average Bonchev–Trinajstić information content (AvgIpc) is 3.27. The van der Waals surface area contributed by atoms with E-state index in [2.05, 4.69) is 38.6 Å². The van der Waals surface area contributed by atoms with E-state index in [0.29, 0.717) is 23.3 Å². The molecule has 2 aromatic heterocycles. The summed E-state index contributed by atoms with van der Waals surface area (Å²) in [5, 5.41) is 13.5. The van der Waals surface area contributed by atoms with Crippen molar-refractivity contribution in [2.45, 2.75) is 96.7 Å². The van der Waals surface area contributed by atoms with E-state index in [-0.39, 0.29) is 23.7 Å². The minimum atomic E-state index is -1.15. The number of halogens is 1. The summed E-state index contributed by atoms with van der Waals surface area (Å²) >= 11 is 0. The predicted octanol–water partition coefficient (Wildman–Crippen LogP) is 6.82. The SMILES string of the molecule is CC1CCC(Cn2c(N3CCCCC3c3ccc(F)cc3)nc3nc(C(=O)O)nc(NC(C)C4CCC4)c32)CC1. The van der Waals surface area contributed by atoms with E-state index >= 15 is 0 Å². The number of piperidine rings is 1. The summed E-state index contributed by atoms with van der Waals surface area (Å²) in [6, 6.07) is 7.06. The third-order valence-electron chi connectivity index (χ3n) is 9.59. The van der Waals surface area contributed by atoms with Gasteiger partial charge in [-0.05, 0) is 87.3 Å². The van der Waals surface area contributed by atoms with Crippen LogP contribution in [0.2, 0.25) is 0 Å². The van der Waals surface area contributed by atoms with Crippen LogP contribution in [0.25, 0.3) is 11.2 Å². The summed E-state index contributed by atoms with van der Waals surface area (Å²) in [4.78, 5) is 28.5. The van der Waals surface area contributed by atoms with Crippen molar-refractivity contribution in [3.8, 4) is 0 Å². The van der Waals surface area contributed by atoms with Crippen molar-refractivity contribution in [3.05, 3.63) is 41.5 Å². The van der Waals surface area contributed by atoms with Crippen molar-refractivity contribution >= 4 is 28.9 Å². The highest BCUT2D eigenvalue weighted by atomic mass is 19.1. The monoisotopic (exact) mass is 548 g/mol. The molecule has 0 bridgehead atoms. The molecule has 2 N–H and O–H groups in total. The number of carboxylic acid groups (broad SMARTS) is 1. The van der Waals surface area contributed by atoms with Gasteiger partial charge in [0.1, 0.15) is 11.3 Å². The van der Waals surface area contributed by atoms with Gasteiger partial charge in [0, 0.05) is 19.1 Å². The number of hydrogen-bond donors (Lipinski definition) is 2. The molecule has 9 heteroatoms. The quantitative estimate of drug-likeness (QED) is 0.319. The first-order chi connectivity index (χ1) is 19.4. The van der Waals surface area contributed by atoms with Crippen LogP contribution in [-0.4, -0.2) is 43.2 Å². The van der Waals surface area contributed by atoms with Crippen molar-refractivity contribution < 1.29 is 14.3 Å². The van der Waals surface area contributed by atoms with Crippen LogP contribution in [0.15, 0.2) is 24.3 Å². The second kappa shape index (κ2) is 11.3. The Balaban J connectivity index is 1.47. The molecule has 0 radical (unpaired) electrons. The molecule has 0 spiro atoms. The maximum Gasteiger partial charge on any atom is 0.374 e. The number of anilines is 2. The molecule has 2 unspecified atom stereocenters. The number of benzene rings is 1. The standard InChI is InChI=1S/C31H41FN6O2/c1-19-9-11-21(12-10-19)18-38-26-27(33-20(2)22-6-5-7-22)34-29(30(39)40)35-28(26)36-31(38)37-17-4-3-8-25(37)23-13-15-24(32)16-14-23/h13-16,19-22,25H,3-12,17-18H2,1-2H3,(H,39,40)(H,33,34,35). The fraction of sp³-hybridized carbons (Fsp3) is 0.613. The highest BCUT2D eigenvalue weighted by molar-refractivity contribution is 5.91. The molecule has 3 heterocycles. The Morgan fingerprint density at radius 2 is 1.77 bits per heavy atom. The summed E-state index contributed by atoms with van der Waals surface area (Å²) in [7, 11) is 0. The molecule has 8 nitrogen and oxygen atoms in total. The van der Waals surface area contributed by atoms with E-state index < -0.39 is 5.97 Å². The Bertz CT molecular complexity index is 1350. The Hall–Kier alpha value is -3.23. The second-order valence-corrected chi connectivity index (χ2v) is 12.4. The zero-order valence-electron chi connectivity index (χ0n) is 23.7. The topological polar surface area (TPSA) is 96.2 Å².